The van der Waals surface area contributed by atoms with E-state index in [1.807, 2.05) is 38.1 Å². The van der Waals surface area contributed by atoms with E-state index in [2.05, 4.69) is 46.0 Å². The average Bonchev–Trinajstić information content (AvgIpc) is 3.14. The molecule has 1 heterocycles. The van der Waals surface area contributed by atoms with Crippen LogP contribution in [0.2, 0.25) is 5.02 Å². The highest BCUT2D eigenvalue weighted by Crippen LogP contribution is 2.38. The zero-order valence-corrected chi connectivity index (χ0v) is 19.3. The van der Waals surface area contributed by atoms with Crippen molar-refractivity contribution in [3.05, 3.63) is 74.2 Å². The highest BCUT2D eigenvalue weighted by Gasteiger charge is 2.15. The van der Waals surface area contributed by atoms with Crippen LogP contribution in [-0.2, 0) is 0 Å². The lowest BCUT2D eigenvalue weighted by atomic mass is 10.0. The van der Waals surface area contributed by atoms with Crippen LogP contribution in [-0.4, -0.2) is 16.3 Å². The van der Waals surface area contributed by atoms with Gasteiger partial charge in [-0.05, 0) is 89.8 Å². The second kappa shape index (κ2) is 7.90. The number of hydrogen-bond acceptors (Lipinski definition) is 4. The summed E-state index contributed by atoms with van der Waals surface area (Å²) in [5.41, 5.74) is 6.31. The van der Waals surface area contributed by atoms with E-state index in [-0.39, 0.29) is 5.75 Å². The van der Waals surface area contributed by atoms with Crippen LogP contribution in [0.4, 0.5) is 5.69 Å². The number of aromatic hydroxyl groups is 1. The third-order valence-corrected chi connectivity index (χ3v) is 7.48. The van der Waals surface area contributed by atoms with Crippen molar-refractivity contribution >= 4 is 61.0 Å². The minimum absolute atomic E-state index is 0.148. The largest absolute Gasteiger partial charge is 0.506 e. The van der Waals surface area contributed by atoms with Crippen LogP contribution in [0.3, 0.4) is 0 Å². The van der Waals surface area contributed by atoms with Crippen LogP contribution in [0.15, 0.2) is 51.9 Å². The molecule has 3 nitrogen and oxygen atoms in total. The molecule has 6 heteroatoms. The van der Waals surface area contributed by atoms with E-state index in [0.29, 0.717) is 15.1 Å². The summed E-state index contributed by atoms with van der Waals surface area (Å²) in [7, 11) is 0. The molecule has 0 unspecified atom stereocenters. The van der Waals surface area contributed by atoms with Gasteiger partial charge in [-0.3, -0.25) is 4.99 Å². The van der Waals surface area contributed by atoms with E-state index in [4.69, 9.17) is 16.6 Å². The van der Waals surface area contributed by atoms with Crippen molar-refractivity contribution < 1.29 is 5.11 Å². The number of nitrogens with zero attached hydrogens (tertiary/aromatic N) is 2. The number of benzene rings is 3. The molecule has 1 aromatic heterocycles. The lowest BCUT2D eigenvalue weighted by Gasteiger charge is -2.11. The molecule has 0 amide bonds. The molecule has 4 aromatic rings. The maximum absolute atomic E-state index is 10.4. The van der Waals surface area contributed by atoms with Crippen LogP contribution in [0.5, 0.6) is 5.75 Å². The Morgan fingerprint density at radius 2 is 1.79 bits per heavy atom. The predicted molar refractivity (Wildman–Crippen MR) is 127 cm³/mol. The van der Waals surface area contributed by atoms with Gasteiger partial charge in [0, 0.05) is 22.4 Å². The van der Waals surface area contributed by atoms with Gasteiger partial charge in [-0.1, -0.05) is 17.7 Å². The lowest BCUT2D eigenvalue weighted by Crippen LogP contribution is -1.94. The van der Waals surface area contributed by atoms with Gasteiger partial charge >= 0.3 is 0 Å². The van der Waals surface area contributed by atoms with Crippen LogP contribution in [0.1, 0.15) is 22.3 Å². The second-order valence-electron chi connectivity index (χ2n) is 6.94. The normalized spacial score (nSPS) is 11.6. The van der Waals surface area contributed by atoms with Gasteiger partial charge < -0.3 is 5.11 Å². The number of phenols is 1. The molecule has 1 N–H and O–H groups in total. The summed E-state index contributed by atoms with van der Waals surface area (Å²) in [6.45, 7) is 5.81. The molecule has 0 aliphatic rings. The molecule has 0 atom stereocenters. The number of phenolic OH excluding ortho intramolecular Hbond substituents is 1. The Balaban J connectivity index is 1.63. The van der Waals surface area contributed by atoms with Crippen LogP contribution in [0, 0.1) is 20.8 Å². The summed E-state index contributed by atoms with van der Waals surface area (Å²) in [6.07, 6.45) is 1.65. The molecule has 0 radical (unpaired) electrons. The van der Waals surface area contributed by atoms with Gasteiger partial charge in [0.15, 0.2) is 0 Å². The van der Waals surface area contributed by atoms with Crippen molar-refractivity contribution in [2.24, 2.45) is 4.99 Å². The first kappa shape index (κ1) is 20.1. The minimum Gasteiger partial charge on any atom is -0.506 e. The molecule has 3 aromatic carbocycles. The fraction of sp³-hybridized carbons (Fsp3) is 0.130. The summed E-state index contributed by atoms with van der Waals surface area (Å²) < 4.78 is 1.77. The molecule has 0 saturated carbocycles. The van der Waals surface area contributed by atoms with Gasteiger partial charge in [0.25, 0.3) is 0 Å². The van der Waals surface area contributed by atoms with E-state index in [1.54, 1.807) is 17.6 Å². The fourth-order valence-corrected chi connectivity index (χ4v) is 4.79. The number of fused-ring (bicyclic) bond motifs is 1. The van der Waals surface area contributed by atoms with Crippen molar-refractivity contribution in [3.8, 4) is 16.3 Å². The zero-order valence-electron chi connectivity index (χ0n) is 16.1. The van der Waals surface area contributed by atoms with Gasteiger partial charge in [-0.25, -0.2) is 4.98 Å². The number of aryl methyl sites for hydroxylation is 1. The highest BCUT2D eigenvalue weighted by molar-refractivity contribution is 9.10. The van der Waals surface area contributed by atoms with E-state index < -0.39 is 0 Å². The van der Waals surface area contributed by atoms with Gasteiger partial charge in [-0.15, -0.1) is 11.3 Å². The molecule has 0 bridgehead atoms. The van der Waals surface area contributed by atoms with Crippen LogP contribution < -0.4 is 0 Å². The van der Waals surface area contributed by atoms with E-state index >= 15 is 0 Å². The number of hydrogen-bond donors (Lipinski definition) is 1. The van der Waals surface area contributed by atoms with Crippen molar-refractivity contribution in [1.29, 1.82) is 0 Å². The van der Waals surface area contributed by atoms with Gasteiger partial charge in [0.1, 0.15) is 10.8 Å². The topological polar surface area (TPSA) is 45.5 Å². The smallest absolute Gasteiger partial charge is 0.139 e. The number of aromatic nitrogens is 1. The van der Waals surface area contributed by atoms with Crippen molar-refractivity contribution in [2.45, 2.75) is 20.8 Å². The van der Waals surface area contributed by atoms with Gasteiger partial charge in [0.2, 0.25) is 0 Å². The Bertz CT molecular complexity index is 1230. The summed E-state index contributed by atoms with van der Waals surface area (Å²) in [5, 5.41) is 12.1. The summed E-state index contributed by atoms with van der Waals surface area (Å²) in [5.74, 6) is 0.148. The molecule has 146 valence electrons. The van der Waals surface area contributed by atoms with Crippen molar-refractivity contribution in [2.75, 3.05) is 0 Å². The molecule has 4 rings (SSSR count). The average molecular weight is 486 g/mol. The zero-order chi connectivity index (χ0) is 20.7. The Morgan fingerprint density at radius 3 is 2.52 bits per heavy atom. The molecule has 0 aliphatic heterocycles. The number of halogens is 2. The molecular formula is C23H18BrClN2OS. The lowest BCUT2D eigenvalue weighted by molar-refractivity contribution is 0.470. The quantitative estimate of drug-likeness (QED) is 0.301. The predicted octanol–water partition coefficient (Wildman–Crippen LogP) is 7.76. The third-order valence-electron chi connectivity index (χ3n) is 4.85. The van der Waals surface area contributed by atoms with Crippen LogP contribution in [0.25, 0.3) is 20.8 Å². The van der Waals surface area contributed by atoms with E-state index in [0.717, 1.165) is 32.9 Å². The second-order valence-corrected chi connectivity index (χ2v) is 9.14. The molecule has 0 aliphatic carbocycles. The first-order chi connectivity index (χ1) is 13.8. The molecule has 0 fully saturated rings. The summed E-state index contributed by atoms with van der Waals surface area (Å²) >= 11 is 11.4. The SMILES string of the molecule is Cc1ccc2sc(-c3ccc(N=Cc4c(C)c(Cl)c(C)c(Br)c4O)cc3)nc2c1. The Kier molecular flexibility index (Phi) is 5.47. The first-order valence-corrected chi connectivity index (χ1v) is 11.0. The van der Waals surface area contributed by atoms with Gasteiger partial charge in [-0.2, -0.15) is 0 Å². The van der Waals surface area contributed by atoms with Gasteiger partial charge in [0.05, 0.1) is 20.4 Å². The van der Waals surface area contributed by atoms with Crippen LogP contribution >= 0.6 is 38.9 Å². The standard InChI is InChI=1S/C23H18BrClN2OS/c1-12-4-9-19-18(10-12)27-23(29-19)15-5-7-16(8-6-15)26-11-17-13(2)21(25)14(3)20(24)22(17)28/h4-11,28H,1-3H3. The molecular weight excluding hydrogens is 468 g/mol. The van der Waals surface area contributed by atoms with E-state index in [9.17, 15) is 5.11 Å². The Morgan fingerprint density at radius 1 is 1.07 bits per heavy atom. The Hall–Kier alpha value is -2.21. The number of rotatable bonds is 3. The fourth-order valence-electron chi connectivity index (χ4n) is 3.12. The maximum atomic E-state index is 10.4. The molecule has 0 saturated heterocycles. The number of aliphatic imine (C=N–C) groups is 1. The maximum Gasteiger partial charge on any atom is 0.139 e. The summed E-state index contributed by atoms with van der Waals surface area (Å²) in [4.78, 5) is 9.26. The van der Waals surface area contributed by atoms with Crippen molar-refractivity contribution in [1.82, 2.24) is 4.98 Å². The Labute approximate surface area is 186 Å². The molecule has 29 heavy (non-hydrogen) atoms. The highest BCUT2D eigenvalue weighted by atomic mass is 79.9. The molecule has 0 spiro atoms. The van der Waals surface area contributed by atoms with Crippen molar-refractivity contribution in [3.63, 3.8) is 0 Å². The third kappa shape index (κ3) is 3.82. The first-order valence-electron chi connectivity index (χ1n) is 9.04. The van der Waals surface area contributed by atoms with E-state index in [1.165, 1.54) is 10.3 Å². The monoisotopic (exact) mass is 484 g/mol. The minimum atomic E-state index is 0.148. The summed E-state index contributed by atoms with van der Waals surface area (Å²) in [6, 6.07) is 14.2. The number of thiazole rings is 1.